The van der Waals surface area contributed by atoms with E-state index in [1.807, 2.05) is 0 Å². The van der Waals surface area contributed by atoms with Crippen molar-refractivity contribution in [3.63, 3.8) is 0 Å². The van der Waals surface area contributed by atoms with Gasteiger partial charge in [-0.1, -0.05) is 78.0 Å². The molecule has 2 heteroatoms. The first-order chi connectivity index (χ1) is 13.9. The van der Waals surface area contributed by atoms with Gasteiger partial charge in [-0.2, -0.15) is 0 Å². The maximum absolute atomic E-state index is 2.49. The van der Waals surface area contributed by atoms with Crippen LogP contribution >= 0.6 is 0 Å². The summed E-state index contributed by atoms with van der Waals surface area (Å²) < 4.78 is 2.31. The maximum atomic E-state index is 2.49. The normalized spacial score (nSPS) is 12.6. The van der Waals surface area contributed by atoms with E-state index in [-0.39, 0.29) is 0 Å². The Morgan fingerprint density at radius 3 is 2.07 bits per heavy atom. The Labute approximate surface area is 185 Å². The highest BCUT2D eigenvalue weighted by Gasteiger charge is 2.28. The average molecular weight is 419 g/mol. The number of hydrogen-bond donors (Lipinski definition) is 0. The Balaban J connectivity index is 2.33. The first-order valence-electron chi connectivity index (χ1n) is 11.5. The number of pyridine rings is 1. The zero-order chi connectivity index (χ0) is 22.4. The van der Waals surface area contributed by atoms with Gasteiger partial charge in [0.25, 0.3) is 0 Å². The number of aromatic nitrogens is 1. The smallest absolute Gasteiger partial charge is 0.200 e. The predicted octanol–water partition coefficient (Wildman–Crippen LogP) is 7.21. The van der Waals surface area contributed by atoms with Crippen LogP contribution in [0.25, 0.3) is 22.0 Å². The van der Waals surface area contributed by atoms with Gasteiger partial charge in [0, 0.05) is 6.07 Å². The molecule has 0 unspecified atom stereocenters. The van der Waals surface area contributed by atoms with Crippen molar-refractivity contribution in [3.8, 4) is 11.3 Å². The van der Waals surface area contributed by atoms with Gasteiger partial charge in [0.05, 0.1) is 19.0 Å². The minimum Gasteiger partial charge on any atom is -0.200 e. The Hall–Kier alpha value is -1.93. The fraction of sp³-hybridized carbons (Fsp3) is 0.464. The van der Waals surface area contributed by atoms with Crippen LogP contribution in [0.3, 0.4) is 0 Å². The highest BCUT2D eigenvalue weighted by atomic mass is 28.3. The Kier molecular flexibility index (Phi) is 6.29. The van der Waals surface area contributed by atoms with Gasteiger partial charge in [-0.25, -0.2) is 4.57 Å². The van der Waals surface area contributed by atoms with Gasteiger partial charge in [-0.05, 0) is 58.5 Å². The summed E-state index contributed by atoms with van der Waals surface area (Å²) >= 11 is 0. The Morgan fingerprint density at radius 2 is 1.50 bits per heavy atom. The number of rotatable bonds is 5. The monoisotopic (exact) mass is 418 g/mol. The molecule has 3 aromatic rings. The zero-order valence-electron chi connectivity index (χ0n) is 20.7. The third-order valence-corrected chi connectivity index (χ3v) is 12.0. The van der Waals surface area contributed by atoms with Gasteiger partial charge in [-0.15, -0.1) is 0 Å². The second-order valence-corrected chi connectivity index (χ2v) is 15.7. The lowest BCUT2D eigenvalue weighted by atomic mass is 9.86. The van der Waals surface area contributed by atoms with Crippen LogP contribution in [-0.4, -0.2) is 8.07 Å². The van der Waals surface area contributed by atoms with Crippen LogP contribution in [0, 0.1) is 6.92 Å². The summed E-state index contributed by atoms with van der Waals surface area (Å²) in [5.41, 5.74) is 7.77. The van der Waals surface area contributed by atoms with E-state index in [0.29, 0.717) is 11.8 Å². The van der Waals surface area contributed by atoms with Crippen molar-refractivity contribution in [1.82, 2.24) is 0 Å². The lowest BCUT2D eigenvalue weighted by Crippen LogP contribution is -2.44. The summed E-state index contributed by atoms with van der Waals surface area (Å²) in [6.45, 7) is 21.3. The molecule has 1 aromatic heterocycles. The number of fused-ring (bicyclic) bond motifs is 1. The Bertz CT molecular complexity index is 1070. The summed E-state index contributed by atoms with van der Waals surface area (Å²) in [5, 5.41) is 4.28. The number of benzene rings is 2. The molecule has 2 aromatic carbocycles. The molecule has 0 saturated heterocycles. The zero-order valence-corrected chi connectivity index (χ0v) is 21.7. The van der Waals surface area contributed by atoms with E-state index < -0.39 is 8.07 Å². The summed E-state index contributed by atoms with van der Waals surface area (Å²) in [5.74, 6) is 1.04. The molecule has 0 amide bonds. The van der Waals surface area contributed by atoms with E-state index in [4.69, 9.17) is 0 Å². The van der Waals surface area contributed by atoms with Gasteiger partial charge in [-0.3, -0.25) is 0 Å². The third-order valence-electron chi connectivity index (χ3n) is 7.34. The van der Waals surface area contributed by atoms with E-state index in [0.717, 1.165) is 5.54 Å². The van der Waals surface area contributed by atoms with Crippen LogP contribution in [-0.2, 0) is 7.05 Å². The van der Waals surface area contributed by atoms with Crippen molar-refractivity contribution in [2.75, 3.05) is 0 Å². The quantitative estimate of drug-likeness (QED) is 0.304. The van der Waals surface area contributed by atoms with Crippen molar-refractivity contribution in [1.29, 1.82) is 0 Å². The highest BCUT2D eigenvalue weighted by Crippen LogP contribution is 2.35. The summed E-state index contributed by atoms with van der Waals surface area (Å²) in [6.07, 6.45) is 2.24. The van der Waals surface area contributed by atoms with Crippen LogP contribution in [0.1, 0.15) is 70.1 Å². The van der Waals surface area contributed by atoms with Crippen molar-refractivity contribution in [3.05, 3.63) is 59.3 Å². The largest absolute Gasteiger partial charge is 0.220 e. The maximum Gasteiger partial charge on any atom is 0.220 e. The average Bonchev–Trinajstić information content (AvgIpc) is 2.67. The molecule has 0 bridgehead atoms. The Morgan fingerprint density at radius 1 is 0.833 bits per heavy atom. The molecule has 0 aliphatic carbocycles. The van der Waals surface area contributed by atoms with Gasteiger partial charge < -0.3 is 0 Å². The molecule has 3 rings (SSSR count). The summed E-state index contributed by atoms with van der Waals surface area (Å²) in [7, 11) is 0.737. The fourth-order valence-corrected chi connectivity index (χ4v) is 6.09. The molecule has 30 heavy (non-hydrogen) atoms. The van der Waals surface area contributed by atoms with Gasteiger partial charge in [0.15, 0.2) is 6.20 Å². The second-order valence-electron chi connectivity index (χ2n) is 10.5. The first-order valence-corrected chi connectivity index (χ1v) is 14.6. The highest BCUT2D eigenvalue weighted by molar-refractivity contribution is 6.91. The van der Waals surface area contributed by atoms with E-state index in [1.165, 1.54) is 38.7 Å². The van der Waals surface area contributed by atoms with E-state index in [9.17, 15) is 0 Å². The standard InChI is InChI=1S/C28H40NSi/c1-18(2)23-16-26(19(3)4)21(7)27(17-23)28-25-12-11-24(30(9,10)20(5)6)15-22(25)13-14-29(28)8/h11-20H,1-10H3/q+1. The second kappa shape index (κ2) is 8.30. The molecule has 0 fully saturated rings. The fourth-order valence-electron chi connectivity index (χ4n) is 4.38. The van der Waals surface area contributed by atoms with E-state index in [2.05, 4.69) is 116 Å². The molecule has 0 saturated carbocycles. The van der Waals surface area contributed by atoms with Crippen LogP contribution in [0.2, 0.25) is 18.6 Å². The lowest BCUT2D eigenvalue weighted by Gasteiger charge is -2.27. The number of aryl methyl sites for hydroxylation is 1. The van der Waals surface area contributed by atoms with Crippen LogP contribution in [0.15, 0.2) is 42.6 Å². The minimum atomic E-state index is -1.45. The van der Waals surface area contributed by atoms with E-state index in [1.54, 1.807) is 5.19 Å². The van der Waals surface area contributed by atoms with Crippen molar-refractivity contribution in [2.24, 2.45) is 7.05 Å². The SMILES string of the molecule is Cc1c(-c2c3ccc([Si](C)(C)C(C)C)cc3cc[n+]2C)cc(C(C)C)cc1C(C)C. The lowest BCUT2D eigenvalue weighted by molar-refractivity contribution is -0.659. The molecule has 1 heterocycles. The van der Waals surface area contributed by atoms with Crippen molar-refractivity contribution < 1.29 is 4.57 Å². The van der Waals surface area contributed by atoms with Gasteiger partial charge in [0.1, 0.15) is 7.05 Å². The molecule has 0 aliphatic rings. The first kappa shape index (κ1) is 22.7. The molecule has 1 nitrogen and oxygen atoms in total. The molecule has 0 N–H and O–H groups in total. The van der Waals surface area contributed by atoms with E-state index >= 15 is 0 Å². The summed E-state index contributed by atoms with van der Waals surface area (Å²) in [4.78, 5) is 0. The van der Waals surface area contributed by atoms with Gasteiger partial charge >= 0.3 is 0 Å². The topological polar surface area (TPSA) is 3.88 Å². The molecule has 0 atom stereocenters. The van der Waals surface area contributed by atoms with Crippen LogP contribution in [0.4, 0.5) is 0 Å². The van der Waals surface area contributed by atoms with Crippen molar-refractivity contribution in [2.45, 2.75) is 78.9 Å². The van der Waals surface area contributed by atoms with Crippen LogP contribution in [0.5, 0.6) is 0 Å². The minimum absolute atomic E-state index is 0.520. The number of hydrogen-bond acceptors (Lipinski definition) is 0. The molecular formula is C28H40NSi+. The molecule has 0 aliphatic heterocycles. The molecule has 160 valence electrons. The molecular weight excluding hydrogens is 378 g/mol. The number of nitrogens with zero attached hydrogens (tertiary/aromatic N) is 1. The predicted molar refractivity (Wildman–Crippen MR) is 136 cm³/mol. The molecule has 0 radical (unpaired) electrons. The van der Waals surface area contributed by atoms with Crippen LogP contribution < -0.4 is 9.75 Å². The molecule has 0 spiro atoms. The van der Waals surface area contributed by atoms with Crippen molar-refractivity contribution >= 4 is 24.0 Å². The van der Waals surface area contributed by atoms with Gasteiger partial charge in [0.2, 0.25) is 5.69 Å². The summed E-state index contributed by atoms with van der Waals surface area (Å²) in [6, 6.07) is 14.4. The third kappa shape index (κ3) is 3.99.